The molecule has 23 nitrogen and oxygen atoms in total. The van der Waals surface area contributed by atoms with E-state index in [0.717, 1.165) is 11.9 Å². The third-order valence-corrected chi connectivity index (χ3v) is 10.3. The van der Waals surface area contributed by atoms with Crippen LogP contribution in [0.1, 0.15) is 97.6 Å². The number of hydrogen-bond acceptors (Lipinski definition) is 15. The van der Waals surface area contributed by atoms with Gasteiger partial charge in [0.2, 0.25) is 29.5 Å². The molecule has 23 heteroatoms. The minimum atomic E-state index is -1.29. The fraction of sp³-hybridized carbons (Fsp3) is 0.422. The van der Waals surface area contributed by atoms with Crippen molar-refractivity contribution in [1.29, 1.82) is 11.1 Å². The monoisotopic (exact) mass is 939 g/mol. The molecule has 3 aromatic rings. The second-order valence-electron chi connectivity index (χ2n) is 15.9. The number of hydrazone groups is 1. The predicted octanol–water partition coefficient (Wildman–Crippen LogP) is 2.01. The molecule has 2 aromatic heterocycles. The Morgan fingerprint density at radius 1 is 0.941 bits per heavy atom. The lowest BCUT2D eigenvalue weighted by Gasteiger charge is -2.32. The molecule has 1 aliphatic rings. The third kappa shape index (κ3) is 18.5. The molecule has 0 radical (unpaired) electrons. The number of ketones is 1. The summed E-state index contributed by atoms with van der Waals surface area (Å²) in [5.41, 5.74) is 20.1. The van der Waals surface area contributed by atoms with E-state index in [4.69, 9.17) is 16.8 Å². The van der Waals surface area contributed by atoms with Crippen molar-refractivity contribution in [3.05, 3.63) is 83.3 Å². The third-order valence-electron chi connectivity index (χ3n) is 10.3. The summed E-state index contributed by atoms with van der Waals surface area (Å²) in [6, 6.07) is 7.91. The van der Waals surface area contributed by atoms with Gasteiger partial charge in [-0.25, -0.2) is 16.0 Å². The molecule has 1 unspecified atom stereocenters. The number of unbranched alkanes of at least 4 members (excludes halogenated alkanes) is 2. The molecule has 7 amide bonds. The number of carbonyl (C=O) groups is 8. The quantitative estimate of drug-likeness (QED) is 0.0288. The Hall–Kier alpha value is -7.98. The van der Waals surface area contributed by atoms with E-state index in [1.165, 1.54) is 37.2 Å². The van der Waals surface area contributed by atoms with Crippen LogP contribution in [0.15, 0.2) is 71.1 Å². The Morgan fingerprint density at radius 3 is 2.35 bits per heavy atom. The minimum Gasteiger partial charge on any atom is -0.390 e. The molecular weight excluding hydrogens is 879 g/mol. The number of rotatable bonds is 18. The second kappa shape index (κ2) is 28.8. The van der Waals surface area contributed by atoms with Crippen molar-refractivity contribution in [2.75, 3.05) is 37.4 Å². The van der Waals surface area contributed by atoms with Crippen molar-refractivity contribution >= 4 is 71.2 Å². The summed E-state index contributed by atoms with van der Waals surface area (Å²) in [7, 11) is 1.43. The van der Waals surface area contributed by atoms with Gasteiger partial charge in [0.05, 0.1) is 24.7 Å². The van der Waals surface area contributed by atoms with Crippen molar-refractivity contribution < 1.29 is 38.4 Å². The average molecular weight is 940 g/mol. The van der Waals surface area contributed by atoms with Crippen LogP contribution in [0.25, 0.3) is 0 Å². The molecule has 11 N–H and O–H groups in total. The second-order valence-corrected chi connectivity index (χ2v) is 15.9. The van der Waals surface area contributed by atoms with Gasteiger partial charge in [0.15, 0.2) is 0 Å². The molecule has 0 saturated carbocycles. The molecule has 2 bridgehead atoms. The number of nitrogens with two attached hydrogens (primary N) is 1. The molecule has 68 heavy (non-hydrogen) atoms. The van der Waals surface area contributed by atoms with Crippen LogP contribution >= 0.6 is 0 Å². The summed E-state index contributed by atoms with van der Waals surface area (Å²) < 4.78 is 0. The number of fused-ring (bicyclic) bond motifs is 2. The summed E-state index contributed by atoms with van der Waals surface area (Å²) in [5.74, 6) is -4.32. The maximum absolute atomic E-state index is 14.0. The smallest absolute Gasteiger partial charge is 0.252 e. The number of pyridine rings is 2. The molecule has 3 heterocycles. The van der Waals surface area contributed by atoms with Crippen LogP contribution in [0.3, 0.4) is 0 Å². The first-order valence-corrected chi connectivity index (χ1v) is 21.9. The molecule has 1 aliphatic heterocycles. The minimum absolute atomic E-state index is 0.0631. The van der Waals surface area contributed by atoms with E-state index in [-0.39, 0.29) is 61.2 Å². The van der Waals surface area contributed by atoms with Gasteiger partial charge in [-0.15, -0.1) is 0 Å². The number of nitrogens with one attached hydrogen (secondary N) is 9. The van der Waals surface area contributed by atoms with E-state index in [1.807, 2.05) is 0 Å². The van der Waals surface area contributed by atoms with Crippen LogP contribution in [-0.2, 0) is 35.3 Å². The van der Waals surface area contributed by atoms with E-state index in [9.17, 15) is 38.4 Å². The van der Waals surface area contributed by atoms with Gasteiger partial charge in [-0.1, -0.05) is 20.3 Å². The molecule has 0 spiro atoms. The van der Waals surface area contributed by atoms with E-state index < -0.39 is 60.1 Å². The molecule has 0 fully saturated rings. The number of Topliss-reactive ketones (excluding diaryl/α,β-unsaturated/α-hetero) is 1. The number of anilines is 2. The number of amides is 7. The Balaban J connectivity index is 0.00000604. The molecule has 1 aromatic carbocycles. The van der Waals surface area contributed by atoms with Crippen LogP contribution in [0.4, 0.5) is 11.5 Å². The van der Waals surface area contributed by atoms with E-state index in [0.29, 0.717) is 49.2 Å². The zero-order valence-electron chi connectivity index (χ0n) is 38.6. The molecule has 364 valence electrons. The zero-order chi connectivity index (χ0) is 50.0. The first-order chi connectivity index (χ1) is 32.6. The van der Waals surface area contributed by atoms with Crippen LogP contribution in [0.2, 0.25) is 0 Å². The van der Waals surface area contributed by atoms with Gasteiger partial charge in [0.25, 0.3) is 11.8 Å². The number of aliphatic imine (C=N–C) groups is 1. The van der Waals surface area contributed by atoms with Crippen molar-refractivity contribution in [3.8, 4) is 0 Å². The van der Waals surface area contributed by atoms with Crippen molar-refractivity contribution in [2.24, 2.45) is 21.7 Å². The van der Waals surface area contributed by atoms with Gasteiger partial charge < -0.3 is 42.5 Å². The maximum Gasteiger partial charge on any atom is 0.252 e. The Labute approximate surface area is 394 Å². The van der Waals surface area contributed by atoms with Gasteiger partial charge in [0, 0.05) is 69.4 Å². The maximum atomic E-state index is 14.0. The van der Waals surface area contributed by atoms with Crippen LogP contribution in [0.5, 0.6) is 0 Å². The lowest BCUT2D eigenvalue weighted by Crippen LogP contribution is -2.57. The topological polar surface area (TPSA) is 348 Å². The number of aromatic nitrogens is 2. The summed E-state index contributed by atoms with van der Waals surface area (Å²) in [6.07, 6.45) is 9.47. The molecule has 0 saturated heterocycles. The first-order valence-electron chi connectivity index (χ1n) is 21.9. The standard InChI is InChI=1S/C45H59N13O8.H2N2/c1-28(2)40-45(66)58(4)36(9-8-15-48-27-46)44(65)52-26-39(61)55-35(19-29(3)59)43(64)51-23-31-20-33(42(63)56-40)22-34(21-31)54-38(60)10-6-5-7-16-49-41(62)32-11-12-37(50-25-32)57-53-24-30-13-17-47-18-14-30;1-2/h11-14,17-18,20-22,24-25,27-28,35-36,40H,5-10,15-16,19,23,26H2,1-4H3,(H2,46,48)(H,49,62)(H,50,57)(H,51,64)(H,52,65)(H,54,60)(H,55,61)(H,56,63);1-2H/b53-24-;/t35-,36-,40?;/m0./s1. The van der Waals surface area contributed by atoms with Gasteiger partial charge in [-0.05, 0) is 92.1 Å². The van der Waals surface area contributed by atoms with Crippen LogP contribution in [0, 0.1) is 17.0 Å². The van der Waals surface area contributed by atoms with Gasteiger partial charge in [-0.2, -0.15) is 5.10 Å². The highest BCUT2D eigenvalue weighted by Gasteiger charge is 2.34. The van der Waals surface area contributed by atoms with E-state index >= 15 is 0 Å². The highest BCUT2D eigenvalue weighted by molar-refractivity contribution is 6.01. The fourth-order valence-corrected chi connectivity index (χ4v) is 6.73. The average Bonchev–Trinajstić information content (AvgIpc) is 3.32. The highest BCUT2D eigenvalue weighted by atomic mass is 16.2. The lowest BCUT2D eigenvalue weighted by atomic mass is 9.99. The number of nitrogens with zero attached hydrogens (tertiary/aromatic N) is 5. The number of hydrogen-bond donors (Lipinski definition) is 10. The SMILES string of the molecule is CC(=O)C[C@@H]1NC(=O)CNC(=O)[C@H](CCCN=CN)N(C)C(=O)C(C(C)C)NC(=O)c2cc(cc(NC(=O)CCCCCNC(=O)c3ccc(N/N=C\c4ccncc4)nc3)c2)CNC1=O.N=N. The Kier molecular flexibility index (Phi) is 23.0. The molecular formula is C45H61N15O8. The van der Waals surface area contributed by atoms with Crippen LogP contribution in [-0.4, -0.2) is 119 Å². The van der Waals surface area contributed by atoms with Gasteiger partial charge in [-0.3, -0.25) is 53.8 Å². The summed E-state index contributed by atoms with van der Waals surface area (Å²) in [5, 5.41) is 20.3. The van der Waals surface area contributed by atoms with Crippen molar-refractivity contribution in [1.82, 2.24) is 41.5 Å². The lowest BCUT2D eigenvalue weighted by molar-refractivity contribution is -0.141. The Bertz CT molecular complexity index is 2260. The normalized spacial score (nSPS) is 17.2. The predicted molar refractivity (Wildman–Crippen MR) is 253 cm³/mol. The zero-order valence-corrected chi connectivity index (χ0v) is 38.6. The van der Waals surface area contributed by atoms with Gasteiger partial charge >= 0.3 is 0 Å². The number of benzene rings is 1. The molecule has 4 rings (SSSR count). The Morgan fingerprint density at radius 2 is 1.68 bits per heavy atom. The van der Waals surface area contributed by atoms with Crippen molar-refractivity contribution in [2.45, 2.75) is 90.4 Å². The van der Waals surface area contributed by atoms with E-state index in [1.54, 1.807) is 62.8 Å². The summed E-state index contributed by atoms with van der Waals surface area (Å²) in [4.78, 5) is 119. The number of likely N-dealkylation sites (N-methyl/N-ethyl adjacent to an activating group) is 1. The summed E-state index contributed by atoms with van der Waals surface area (Å²) >= 11 is 0. The van der Waals surface area contributed by atoms with Crippen LogP contribution < -0.4 is 43.1 Å². The first kappa shape index (κ1) is 54.4. The fourth-order valence-electron chi connectivity index (χ4n) is 6.73. The van der Waals surface area contributed by atoms with E-state index in [2.05, 4.69) is 57.4 Å². The van der Waals surface area contributed by atoms with Crippen molar-refractivity contribution in [3.63, 3.8) is 0 Å². The molecule has 3 atom stereocenters. The largest absolute Gasteiger partial charge is 0.390 e. The summed E-state index contributed by atoms with van der Waals surface area (Å²) in [6.45, 7) is 4.65. The van der Waals surface area contributed by atoms with Gasteiger partial charge in [0.1, 0.15) is 29.7 Å². The highest BCUT2D eigenvalue weighted by Crippen LogP contribution is 2.19. The molecule has 0 aliphatic carbocycles. The number of carbonyl (C=O) groups excluding carboxylic acids is 8.